The number of pyridine rings is 2. The van der Waals surface area contributed by atoms with Crippen LogP contribution in [0, 0.1) is 0 Å². The van der Waals surface area contributed by atoms with Crippen molar-refractivity contribution in [2.24, 2.45) is 0 Å². The van der Waals surface area contributed by atoms with E-state index >= 15 is 0 Å². The Bertz CT molecular complexity index is 1100. The molecule has 1 fully saturated rings. The number of halogens is 1. The summed E-state index contributed by atoms with van der Waals surface area (Å²) in [6.45, 7) is 3.47. The lowest BCUT2D eigenvalue weighted by Crippen LogP contribution is -2.29. The molecule has 0 radical (unpaired) electrons. The van der Waals surface area contributed by atoms with Crippen LogP contribution in [0.15, 0.2) is 70.2 Å². The molecule has 0 spiro atoms. The number of likely N-dealkylation sites (tertiary alicyclic amines) is 1. The van der Waals surface area contributed by atoms with Gasteiger partial charge in [0.05, 0.1) is 12.2 Å². The fourth-order valence-corrected chi connectivity index (χ4v) is 4.01. The van der Waals surface area contributed by atoms with Gasteiger partial charge in [-0.25, -0.2) is 0 Å². The molecule has 3 heterocycles. The predicted octanol–water partition coefficient (Wildman–Crippen LogP) is 4.45. The quantitative estimate of drug-likeness (QED) is 0.431. The van der Waals surface area contributed by atoms with Gasteiger partial charge in [-0.1, -0.05) is 30.7 Å². The second kappa shape index (κ2) is 10.7. The van der Waals surface area contributed by atoms with Crippen LogP contribution >= 0.6 is 15.9 Å². The average Bonchev–Trinajstić information content (AvgIpc) is 2.81. The normalized spacial score (nSPS) is 14.3. The second-order valence-corrected chi connectivity index (χ2v) is 8.96. The number of ketones is 1. The van der Waals surface area contributed by atoms with Gasteiger partial charge in [-0.05, 0) is 65.6 Å². The van der Waals surface area contributed by atoms with Gasteiger partial charge in [0.25, 0.3) is 5.56 Å². The number of nitrogens with zero attached hydrogens (tertiary/aromatic N) is 3. The van der Waals surface area contributed by atoms with E-state index in [9.17, 15) is 9.59 Å². The first-order valence-electron chi connectivity index (χ1n) is 10.8. The minimum atomic E-state index is -0.277. The summed E-state index contributed by atoms with van der Waals surface area (Å²) in [7, 11) is 0. The highest BCUT2D eigenvalue weighted by Gasteiger charge is 2.12. The van der Waals surface area contributed by atoms with Crippen LogP contribution in [0.5, 0.6) is 5.75 Å². The molecule has 0 atom stereocenters. The first kappa shape index (κ1) is 22.4. The van der Waals surface area contributed by atoms with Crippen LogP contribution in [0.4, 0.5) is 0 Å². The topological polar surface area (TPSA) is 64.4 Å². The Labute approximate surface area is 196 Å². The number of ether oxygens (including phenoxy) is 1. The van der Waals surface area contributed by atoms with Gasteiger partial charge in [-0.3, -0.25) is 19.5 Å². The van der Waals surface area contributed by atoms with Crippen LogP contribution in [-0.4, -0.2) is 33.3 Å². The summed E-state index contributed by atoms with van der Waals surface area (Å²) >= 11 is 3.34. The molecule has 0 bridgehead atoms. The van der Waals surface area contributed by atoms with Crippen LogP contribution < -0.4 is 10.3 Å². The maximum atomic E-state index is 12.7. The minimum Gasteiger partial charge on any atom is -0.487 e. The van der Waals surface area contributed by atoms with Crippen molar-refractivity contribution in [3.63, 3.8) is 0 Å². The molecule has 1 aromatic carbocycles. The lowest BCUT2D eigenvalue weighted by molar-refractivity contribution is 0.0970. The highest BCUT2D eigenvalue weighted by Crippen LogP contribution is 2.15. The smallest absolute Gasteiger partial charge is 0.254 e. The van der Waals surface area contributed by atoms with Crippen LogP contribution in [0.25, 0.3) is 0 Å². The highest BCUT2D eigenvalue weighted by atomic mass is 79.9. The van der Waals surface area contributed by atoms with E-state index in [1.165, 1.54) is 35.5 Å². The number of benzene rings is 1. The molecule has 0 amide bonds. The Morgan fingerprint density at radius 2 is 1.81 bits per heavy atom. The molecule has 0 saturated carbocycles. The Balaban J connectivity index is 1.33. The molecule has 4 rings (SSSR count). The maximum absolute atomic E-state index is 12.7. The van der Waals surface area contributed by atoms with E-state index in [4.69, 9.17) is 4.74 Å². The molecule has 0 aliphatic carbocycles. The summed E-state index contributed by atoms with van der Waals surface area (Å²) in [5, 5.41) is 0. The van der Waals surface area contributed by atoms with E-state index in [2.05, 4.69) is 25.8 Å². The third-order valence-corrected chi connectivity index (χ3v) is 6.06. The number of carbonyl (C=O) groups excluding carboxylic acids is 1. The summed E-state index contributed by atoms with van der Waals surface area (Å²) in [6, 6.07) is 14.6. The van der Waals surface area contributed by atoms with Crippen LogP contribution in [0.2, 0.25) is 0 Å². The molecule has 0 unspecified atom stereocenters. The predicted molar refractivity (Wildman–Crippen MR) is 127 cm³/mol. The highest BCUT2D eigenvalue weighted by molar-refractivity contribution is 9.10. The van der Waals surface area contributed by atoms with Gasteiger partial charge < -0.3 is 9.30 Å². The van der Waals surface area contributed by atoms with Crippen LogP contribution in [0.3, 0.4) is 0 Å². The zero-order chi connectivity index (χ0) is 22.3. The molecular weight excluding hydrogens is 470 g/mol. The van der Waals surface area contributed by atoms with Gasteiger partial charge in [-0.2, -0.15) is 0 Å². The Morgan fingerprint density at radius 1 is 1.03 bits per heavy atom. The van der Waals surface area contributed by atoms with Crippen molar-refractivity contribution in [2.75, 3.05) is 13.1 Å². The molecular formula is C25H26BrN3O3. The maximum Gasteiger partial charge on any atom is 0.254 e. The van der Waals surface area contributed by atoms with Crippen LogP contribution in [-0.2, 0) is 19.7 Å². The molecule has 7 heteroatoms. The van der Waals surface area contributed by atoms with E-state index in [1.807, 2.05) is 36.4 Å². The van der Waals surface area contributed by atoms with E-state index < -0.39 is 0 Å². The average molecular weight is 496 g/mol. The number of aromatic nitrogens is 2. The molecule has 2 aromatic heterocycles. The van der Waals surface area contributed by atoms with Gasteiger partial charge in [-0.15, -0.1) is 0 Å². The first-order valence-corrected chi connectivity index (χ1v) is 11.6. The van der Waals surface area contributed by atoms with Gasteiger partial charge in [0.2, 0.25) is 0 Å². The van der Waals surface area contributed by atoms with E-state index in [1.54, 1.807) is 18.5 Å². The van der Waals surface area contributed by atoms with E-state index in [0.29, 0.717) is 11.3 Å². The number of carbonyl (C=O) groups is 1. The largest absolute Gasteiger partial charge is 0.487 e. The third kappa shape index (κ3) is 6.14. The molecule has 32 heavy (non-hydrogen) atoms. The van der Waals surface area contributed by atoms with Crippen LogP contribution in [0.1, 0.15) is 40.9 Å². The number of rotatable bonds is 8. The lowest BCUT2D eigenvalue weighted by Gasteiger charge is -2.26. The molecule has 1 aliphatic heterocycles. The molecule has 166 valence electrons. The zero-order valence-electron chi connectivity index (χ0n) is 17.9. The standard InChI is InChI=1S/C25H26BrN3O3/c26-21-8-9-22(27-15-21)18-32-23-10-13-29(25(31)14-23)17-24(30)20-6-4-19(5-7-20)16-28-11-2-1-3-12-28/h4-10,13-15H,1-3,11-12,16-18H2. The lowest BCUT2D eigenvalue weighted by atomic mass is 10.1. The minimum absolute atomic E-state index is 0.00114. The summed E-state index contributed by atoms with van der Waals surface area (Å²) in [5.41, 5.74) is 2.31. The fourth-order valence-electron chi connectivity index (χ4n) is 3.78. The zero-order valence-corrected chi connectivity index (χ0v) is 19.5. The Hall–Kier alpha value is -2.77. The molecule has 1 aliphatic rings. The van der Waals surface area contributed by atoms with Crippen molar-refractivity contribution in [1.82, 2.24) is 14.5 Å². The van der Waals surface area contributed by atoms with Crippen molar-refractivity contribution < 1.29 is 9.53 Å². The molecule has 0 N–H and O–H groups in total. The number of Topliss-reactive ketones (excluding diaryl/α,β-unsaturated/α-hetero) is 1. The molecule has 1 saturated heterocycles. The number of piperidine rings is 1. The molecule has 3 aromatic rings. The van der Waals surface area contributed by atoms with Crippen molar-refractivity contribution in [2.45, 2.75) is 39.0 Å². The SMILES string of the molecule is O=C(Cn1ccc(OCc2ccc(Br)cn2)cc1=O)c1ccc(CN2CCCCC2)cc1. The third-order valence-electron chi connectivity index (χ3n) is 5.59. The number of hydrogen-bond donors (Lipinski definition) is 0. The monoisotopic (exact) mass is 495 g/mol. The summed E-state index contributed by atoms with van der Waals surface area (Å²) < 4.78 is 7.94. The summed E-state index contributed by atoms with van der Waals surface area (Å²) in [4.78, 5) is 31.8. The van der Waals surface area contributed by atoms with Crippen molar-refractivity contribution in [1.29, 1.82) is 0 Å². The van der Waals surface area contributed by atoms with E-state index in [-0.39, 0.29) is 24.5 Å². The molecule has 6 nitrogen and oxygen atoms in total. The van der Waals surface area contributed by atoms with Crippen molar-refractivity contribution in [3.8, 4) is 5.75 Å². The van der Waals surface area contributed by atoms with E-state index in [0.717, 1.165) is 29.8 Å². The fraction of sp³-hybridized carbons (Fsp3) is 0.320. The van der Waals surface area contributed by atoms with Gasteiger partial charge >= 0.3 is 0 Å². The Morgan fingerprint density at radius 3 is 2.50 bits per heavy atom. The van der Waals surface area contributed by atoms with Gasteiger partial charge in [0, 0.05) is 35.0 Å². The summed E-state index contributed by atoms with van der Waals surface area (Å²) in [5.74, 6) is 0.356. The second-order valence-electron chi connectivity index (χ2n) is 8.04. The Kier molecular flexibility index (Phi) is 7.50. The summed E-state index contributed by atoms with van der Waals surface area (Å²) in [6.07, 6.45) is 7.13. The first-order chi connectivity index (χ1) is 15.6. The number of hydrogen-bond acceptors (Lipinski definition) is 5. The van der Waals surface area contributed by atoms with Gasteiger partial charge in [0.15, 0.2) is 5.78 Å². The van der Waals surface area contributed by atoms with Crippen molar-refractivity contribution in [3.05, 3.63) is 92.6 Å². The van der Waals surface area contributed by atoms with Crippen molar-refractivity contribution >= 4 is 21.7 Å². The van der Waals surface area contributed by atoms with Gasteiger partial charge in [0.1, 0.15) is 12.4 Å².